The summed E-state index contributed by atoms with van der Waals surface area (Å²) in [6, 6.07) is -2.14. The van der Waals surface area contributed by atoms with Crippen LogP contribution in [0, 0.1) is 0 Å². The quantitative estimate of drug-likeness (QED) is 0.178. The highest BCUT2D eigenvalue weighted by Gasteiger charge is 2.54. The van der Waals surface area contributed by atoms with E-state index in [0.29, 0.717) is 70.9 Å². The lowest BCUT2D eigenvalue weighted by Gasteiger charge is -2.48. The van der Waals surface area contributed by atoms with Crippen LogP contribution >= 0.6 is 0 Å². The molecule has 14 nitrogen and oxygen atoms in total. The number of piperidine rings is 2. The summed E-state index contributed by atoms with van der Waals surface area (Å²) in [7, 11) is -4.72. The van der Waals surface area contributed by atoms with Crippen LogP contribution in [0.5, 0.6) is 0 Å². The number of unbranched alkanes of at least 4 members (excludes halogenated alkanes) is 2. The zero-order valence-corrected chi connectivity index (χ0v) is 31.1. The number of ether oxygens (including phenoxy) is 1. The topological polar surface area (TPSA) is 170 Å². The standard InChI is InChI=1S/C33H61N5O9S/c1-8-12-20-32(34,18-10-3)33(19-11-4,21-13-9-2)46-48(42,43)47-38-25-14-15-27(37(24-25)29(38)40)28(39)35-45-26-16-22-36(23-17-26)30(41)44-31(5,6)7/h25-27H,8-24,34H2,1-7H3,(H,35,39)/t25?,27-,32?,33?/m0/s1. The molecule has 0 spiro atoms. The molecule has 278 valence electrons. The molecule has 48 heavy (non-hydrogen) atoms. The van der Waals surface area contributed by atoms with Gasteiger partial charge in [0.2, 0.25) is 0 Å². The van der Waals surface area contributed by atoms with E-state index >= 15 is 0 Å². The fourth-order valence-electron chi connectivity index (χ4n) is 7.18. The summed E-state index contributed by atoms with van der Waals surface area (Å²) in [5, 5.41) is 0.844. The molecular weight excluding hydrogens is 642 g/mol. The first-order valence-corrected chi connectivity index (χ1v) is 19.3. The Morgan fingerprint density at radius 3 is 2.10 bits per heavy atom. The summed E-state index contributed by atoms with van der Waals surface area (Å²) in [6.07, 6.45) is 7.80. The van der Waals surface area contributed by atoms with E-state index in [2.05, 4.69) is 12.4 Å². The minimum absolute atomic E-state index is 0.129. The van der Waals surface area contributed by atoms with Gasteiger partial charge in [0.05, 0.1) is 12.1 Å². The van der Waals surface area contributed by atoms with Crippen molar-refractivity contribution in [2.24, 2.45) is 5.73 Å². The van der Waals surface area contributed by atoms with Crippen LogP contribution in [0.15, 0.2) is 0 Å². The van der Waals surface area contributed by atoms with Crippen molar-refractivity contribution >= 4 is 28.4 Å². The zero-order valence-electron chi connectivity index (χ0n) is 30.3. The van der Waals surface area contributed by atoms with Gasteiger partial charge in [0.25, 0.3) is 5.91 Å². The minimum Gasteiger partial charge on any atom is -0.444 e. The number of fused-ring (bicyclic) bond motifs is 2. The van der Waals surface area contributed by atoms with Crippen LogP contribution in [-0.2, 0) is 33.2 Å². The van der Waals surface area contributed by atoms with E-state index in [-0.39, 0.29) is 18.7 Å². The number of carbonyl (C=O) groups is 3. The third-order valence-corrected chi connectivity index (χ3v) is 10.5. The number of hydrogen-bond donors (Lipinski definition) is 2. The molecule has 0 saturated carbocycles. The first kappa shape index (κ1) is 40.2. The predicted molar refractivity (Wildman–Crippen MR) is 180 cm³/mol. The maximum Gasteiger partial charge on any atom is 0.421 e. The van der Waals surface area contributed by atoms with Gasteiger partial charge in [0.1, 0.15) is 17.2 Å². The predicted octanol–water partition coefficient (Wildman–Crippen LogP) is 5.31. The molecular formula is C33H61N5O9S. The summed E-state index contributed by atoms with van der Waals surface area (Å²) in [4.78, 5) is 47.6. The van der Waals surface area contributed by atoms with Crippen molar-refractivity contribution in [2.75, 3.05) is 19.6 Å². The summed E-state index contributed by atoms with van der Waals surface area (Å²) in [6.45, 7) is 14.5. The van der Waals surface area contributed by atoms with Gasteiger partial charge in [0, 0.05) is 25.2 Å². The lowest BCUT2D eigenvalue weighted by atomic mass is 9.69. The number of nitrogens with one attached hydrogen (secondary N) is 1. The number of amides is 4. The summed E-state index contributed by atoms with van der Waals surface area (Å²) >= 11 is 0. The molecule has 3 aliphatic heterocycles. The highest BCUT2D eigenvalue weighted by Crippen LogP contribution is 2.43. The Kier molecular flexibility index (Phi) is 14.4. The second-order valence-electron chi connectivity index (χ2n) is 14.7. The molecule has 0 radical (unpaired) electrons. The molecule has 3 unspecified atom stereocenters. The fraction of sp³-hybridized carbons (Fsp3) is 0.909. The van der Waals surface area contributed by atoms with Crippen LogP contribution in [0.2, 0.25) is 0 Å². The first-order valence-electron chi connectivity index (χ1n) is 18.0. The van der Waals surface area contributed by atoms with E-state index in [0.717, 1.165) is 37.2 Å². The molecule has 3 heterocycles. The molecule has 0 aromatic carbocycles. The average Bonchev–Trinajstić information content (AvgIpc) is 3.24. The molecule has 3 aliphatic rings. The van der Waals surface area contributed by atoms with Crippen molar-refractivity contribution in [2.45, 2.75) is 173 Å². The Hall–Kier alpha value is -2.20. The van der Waals surface area contributed by atoms with Crippen molar-refractivity contribution in [1.29, 1.82) is 0 Å². The molecule has 0 aliphatic carbocycles. The number of nitrogens with zero attached hydrogens (tertiary/aromatic N) is 3. The Bertz CT molecular complexity index is 1190. The molecule has 0 aromatic heterocycles. The van der Waals surface area contributed by atoms with Crippen molar-refractivity contribution in [3.63, 3.8) is 0 Å². The number of hydroxylamine groups is 3. The largest absolute Gasteiger partial charge is 0.444 e. The molecule has 0 aromatic rings. The van der Waals surface area contributed by atoms with Crippen molar-refractivity contribution in [1.82, 2.24) is 20.3 Å². The van der Waals surface area contributed by atoms with Crippen LogP contribution in [-0.4, -0.2) is 95.9 Å². The second kappa shape index (κ2) is 17.1. The van der Waals surface area contributed by atoms with Gasteiger partial charge in [-0.1, -0.05) is 66.2 Å². The van der Waals surface area contributed by atoms with Gasteiger partial charge in [-0.05, 0) is 72.1 Å². The van der Waals surface area contributed by atoms with E-state index in [4.69, 9.17) is 23.8 Å². The lowest BCUT2D eigenvalue weighted by molar-refractivity contribution is -0.146. The van der Waals surface area contributed by atoms with Gasteiger partial charge in [-0.15, -0.1) is 4.28 Å². The maximum absolute atomic E-state index is 13.7. The molecule has 3 N–H and O–H groups in total. The van der Waals surface area contributed by atoms with E-state index in [1.165, 1.54) is 4.90 Å². The van der Waals surface area contributed by atoms with Gasteiger partial charge in [-0.2, -0.15) is 13.5 Å². The highest BCUT2D eigenvalue weighted by molar-refractivity contribution is 7.81. The van der Waals surface area contributed by atoms with Crippen LogP contribution in [0.3, 0.4) is 0 Å². The molecule has 3 rings (SSSR count). The van der Waals surface area contributed by atoms with Crippen LogP contribution in [0.25, 0.3) is 0 Å². The molecule has 15 heteroatoms. The first-order chi connectivity index (χ1) is 22.5. The van der Waals surface area contributed by atoms with Crippen molar-refractivity contribution in [3.8, 4) is 0 Å². The molecule has 4 amide bonds. The third kappa shape index (κ3) is 10.2. The zero-order chi connectivity index (χ0) is 35.8. The smallest absolute Gasteiger partial charge is 0.421 e. The number of rotatable bonds is 18. The van der Waals surface area contributed by atoms with Crippen LogP contribution < -0.4 is 11.2 Å². The fourth-order valence-corrected chi connectivity index (χ4v) is 8.31. The third-order valence-electron chi connectivity index (χ3n) is 9.65. The Morgan fingerprint density at radius 1 is 0.896 bits per heavy atom. The van der Waals surface area contributed by atoms with Crippen molar-refractivity contribution < 1.29 is 40.8 Å². The van der Waals surface area contributed by atoms with Crippen LogP contribution in [0.1, 0.15) is 138 Å². The van der Waals surface area contributed by atoms with Gasteiger partial charge in [-0.3, -0.25) is 9.63 Å². The van der Waals surface area contributed by atoms with E-state index < -0.39 is 51.2 Å². The van der Waals surface area contributed by atoms with Gasteiger partial charge < -0.3 is 20.3 Å². The number of hydrogen-bond acceptors (Lipinski definition) is 10. The van der Waals surface area contributed by atoms with Gasteiger partial charge in [0.15, 0.2) is 0 Å². The Labute approximate surface area is 287 Å². The summed E-state index contributed by atoms with van der Waals surface area (Å²) < 4.78 is 44.3. The molecule has 2 bridgehead atoms. The van der Waals surface area contributed by atoms with Gasteiger partial charge >= 0.3 is 22.5 Å². The molecule has 3 saturated heterocycles. The molecule has 4 atom stereocenters. The van der Waals surface area contributed by atoms with E-state index in [1.54, 1.807) is 4.90 Å². The number of urea groups is 1. The number of carbonyl (C=O) groups excluding carboxylic acids is 3. The number of likely N-dealkylation sites (tertiary alicyclic amines) is 1. The minimum atomic E-state index is -4.72. The monoisotopic (exact) mass is 703 g/mol. The molecule has 3 fully saturated rings. The summed E-state index contributed by atoms with van der Waals surface area (Å²) in [5.74, 6) is -0.498. The van der Waals surface area contributed by atoms with Crippen molar-refractivity contribution in [3.05, 3.63) is 0 Å². The van der Waals surface area contributed by atoms with E-state index in [1.807, 2.05) is 41.5 Å². The SMILES string of the molecule is CCCCC(N)(CCC)C(CCC)(CCCC)OS(=O)(=O)ON1C(=O)N2CC1CC[C@H]2C(=O)NOC1CCN(C(=O)OC(C)(C)C)CC1. The maximum atomic E-state index is 13.7. The number of nitrogens with two attached hydrogens (primary N) is 1. The van der Waals surface area contributed by atoms with Gasteiger partial charge in [-0.25, -0.2) is 19.3 Å². The highest BCUT2D eigenvalue weighted by atomic mass is 32.3. The van der Waals surface area contributed by atoms with E-state index in [9.17, 15) is 22.8 Å². The summed E-state index contributed by atoms with van der Waals surface area (Å²) in [5.41, 5.74) is 6.91. The normalized spacial score (nSPS) is 23.2. The second-order valence-corrected chi connectivity index (χ2v) is 15.8. The Morgan fingerprint density at radius 2 is 1.52 bits per heavy atom. The lowest BCUT2D eigenvalue weighted by Crippen LogP contribution is -2.63. The van der Waals surface area contributed by atoms with Crippen LogP contribution in [0.4, 0.5) is 9.59 Å². The Balaban J connectivity index is 1.64. The average molecular weight is 704 g/mol.